The van der Waals surface area contributed by atoms with E-state index in [4.69, 9.17) is 0 Å². The van der Waals surface area contributed by atoms with Gasteiger partial charge in [-0.05, 0) is 42.7 Å². The summed E-state index contributed by atoms with van der Waals surface area (Å²) in [7, 11) is -3.42. The summed E-state index contributed by atoms with van der Waals surface area (Å²) in [5, 5.41) is 12.7. The number of hydrogen-bond donors (Lipinski definition) is 2. The highest BCUT2D eigenvalue weighted by Gasteiger charge is 2.30. The van der Waals surface area contributed by atoms with Crippen molar-refractivity contribution in [3.63, 3.8) is 0 Å². The molecule has 1 aromatic carbocycles. The van der Waals surface area contributed by atoms with Gasteiger partial charge in [0.15, 0.2) is 0 Å². The molecule has 0 aromatic heterocycles. The smallest absolute Gasteiger partial charge is 0.204 e. The van der Waals surface area contributed by atoms with Crippen molar-refractivity contribution in [3.05, 3.63) is 28.7 Å². The molecule has 1 aromatic rings. The van der Waals surface area contributed by atoms with E-state index in [1.807, 2.05) is 0 Å². The number of phenolic OH excluding ortho intramolecular Hbond substituents is 1. The lowest BCUT2D eigenvalue weighted by Crippen LogP contribution is -2.29. The van der Waals surface area contributed by atoms with Crippen molar-refractivity contribution in [1.82, 2.24) is 5.32 Å². The largest absolute Gasteiger partial charge is 0.508 e. The number of hydrogen-bond acceptors (Lipinski definition) is 4. The fourth-order valence-electron chi connectivity index (χ4n) is 2.79. The summed E-state index contributed by atoms with van der Waals surface area (Å²) in [6.07, 6.45) is 6.39. The van der Waals surface area contributed by atoms with E-state index in [0.717, 1.165) is 12.8 Å². The van der Waals surface area contributed by atoms with Gasteiger partial charge in [-0.1, -0.05) is 12.8 Å². The molecule has 5 heteroatoms. The Bertz CT molecular complexity index is 628. The Morgan fingerprint density at radius 3 is 2.74 bits per heavy atom. The third-order valence-corrected chi connectivity index (χ3v) is 5.75. The molecule has 0 atom stereocenters. The van der Waals surface area contributed by atoms with Crippen LogP contribution in [0.4, 0.5) is 0 Å². The van der Waals surface area contributed by atoms with Crippen molar-refractivity contribution in [1.29, 1.82) is 0 Å². The average molecular weight is 279 g/mol. The van der Waals surface area contributed by atoms with Gasteiger partial charge in [0.05, 0.1) is 9.80 Å². The molecular weight excluding hydrogens is 262 g/mol. The number of fused-ring (bicyclic) bond motifs is 1. The molecule has 1 fully saturated rings. The predicted octanol–water partition coefficient (Wildman–Crippen LogP) is 2.05. The molecule has 1 heterocycles. The topological polar surface area (TPSA) is 66.4 Å². The molecule has 0 spiro atoms. The molecule has 3 rings (SSSR count). The summed E-state index contributed by atoms with van der Waals surface area (Å²) < 4.78 is 24.6. The Balaban J connectivity index is 1.81. The van der Waals surface area contributed by atoms with Gasteiger partial charge >= 0.3 is 0 Å². The molecule has 19 heavy (non-hydrogen) atoms. The van der Waals surface area contributed by atoms with Crippen LogP contribution in [0.25, 0.3) is 6.08 Å². The van der Waals surface area contributed by atoms with E-state index in [1.165, 1.54) is 25.0 Å². The Morgan fingerprint density at radius 1 is 1.26 bits per heavy atom. The van der Waals surface area contributed by atoms with Crippen LogP contribution in [0.5, 0.6) is 5.75 Å². The van der Waals surface area contributed by atoms with Crippen molar-refractivity contribution in [3.8, 4) is 5.75 Å². The molecule has 0 unspecified atom stereocenters. The number of phenols is 1. The average Bonchev–Trinajstić information content (AvgIpc) is 2.95. The van der Waals surface area contributed by atoms with Crippen molar-refractivity contribution in [2.75, 3.05) is 6.54 Å². The van der Waals surface area contributed by atoms with Crippen LogP contribution in [-0.2, 0) is 9.84 Å². The lowest BCUT2D eigenvalue weighted by molar-refractivity contribution is 0.473. The Labute approximate surface area is 113 Å². The molecule has 0 bridgehead atoms. The Morgan fingerprint density at radius 2 is 2.00 bits per heavy atom. The van der Waals surface area contributed by atoms with Gasteiger partial charge in [0.2, 0.25) is 9.84 Å². The number of sulfone groups is 1. The lowest BCUT2D eigenvalue weighted by Gasteiger charge is -2.12. The lowest BCUT2D eigenvalue weighted by atomic mass is 10.2. The van der Waals surface area contributed by atoms with Crippen LogP contribution in [0.1, 0.15) is 31.2 Å². The fraction of sp³-hybridized carbons (Fsp3) is 0.429. The van der Waals surface area contributed by atoms with E-state index in [9.17, 15) is 13.5 Å². The maximum Gasteiger partial charge on any atom is 0.204 e. The van der Waals surface area contributed by atoms with Gasteiger partial charge in [-0.3, -0.25) is 0 Å². The third-order valence-electron chi connectivity index (χ3n) is 3.87. The van der Waals surface area contributed by atoms with Crippen LogP contribution >= 0.6 is 0 Å². The highest BCUT2D eigenvalue weighted by molar-refractivity contribution is 7.95. The van der Waals surface area contributed by atoms with Gasteiger partial charge in [0, 0.05) is 12.6 Å². The highest BCUT2D eigenvalue weighted by atomic mass is 32.2. The molecule has 0 saturated heterocycles. The zero-order chi connectivity index (χ0) is 13.5. The first-order valence-electron chi connectivity index (χ1n) is 6.59. The zero-order valence-electron chi connectivity index (χ0n) is 10.6. The zero-order valence-corrected chi connectivity index (χ0v) is 11.4. The molecule has 4 nitrogen and oxygen atoms in total. The molecule has 1 aliphatic carbocycles. The Kier molecular flexibility index (Phi) is 3.11. The van der Waals surface area contributed by atoms with Crippen LogP contribution in [-0.4, -0.2) is 26.1 Å². The highest BCUT2D eigenvalue weighted by Crippen LogP contribution is 2.34. The predicted molar refractivity (Wildman–Crippen MR) is 73.5 cm³/mol. The van der Waals surface area contributed by atoms with Crippen LogP contribution < -0.4 is 5.32 Å². The number of rotatable bonds is 3. The first kappa shape index (κ1) is 12.7. The van der Waals surface area contributed by atoms with Crippen LogP contribution in [0, 0.1) is 0 Å². The van der Waals surface area contributed by atoms with Crippen molar-refractivity contribution in [2.45, 2.75) is 36.6 Å². The number of aromatic hydroxyl groups is 1. The minimum atomic E-state index is -3.42. The third kappa shape index (κ3) is 2.28. The van der Waals surface area contributed by atoms with Crippen LogP contribution in [0.15, 0.2) is 28.0 Å². The molecule has 0 radical (unpaired) electrons. The first-order chi connectivity index (χ1) is 9.07. The van der Waals surface area contributed by atoms with Gasteiger partial charge in [0.1, 0.15) is 5.75 Å². The van der Waals surface area contributed by atoms with E-state index in [2.05, 4.69) is 5.32 Å². The summed E-state index contributed by atoms with van der Waals surface area (Å²) in [5.74, 6) is -0.0132. The summed E-state index contributed by atoms with van der Waals surface area (Å²) >= 11 is 0. The molecule has 1 saturated carbocycles. The maximum atomic E-state index is 12.3. The minimum Gasteiger partial charge on any atom is -0.508 e. The van der Waals surface area contributed by atoms with Crippen molar-refractivity contribution in [2.24, 2.45) is 0 Å². The monoisotopic (exact) mass is 279 g/mol. The summed E-state index contributed by atoms with van der Waals surface area (Å²) in [6, 6.07) is 4.92. The number of benzene rings is 1. The van der Waals surface area contributed by atoms with Crippen molar-refractivity contribution < 1.29 is 13.5 Å². The quantitative estimate of drug-likeness (QED) is 0.888. The maximum absolute atomic E-state index is 12.3. The van der Waals surface area contributed by atoms with Crippen LogP contribution in [0.2, 0.25) is 0 Å². The second-order valence-electron chi connectivity index (χ2n) is 5.20. The standard InChI is InChI=1S/C14H17NO3S/c16-12-6-5-10-7-13(19(17,18)14(10)8-12)9-15-11-3-1-2-4-11/h5-8,11,15-16H,1-4,9H2. The normalized spacial score (nSPS) is 21.4. The van der Waals surface area contributed by atoms with Gasteiger partial charge in [-0.2, -0.15) is 0 Å². The molecule has 0 amide bonds. The second kappa shape index (κ2) is 4.65. The van der Waals surface area contributed by atoms with Gasteiger partial charge in [-0.25, -0.2) is 8.42 Å². The molecule has 2 N–H and O–H groups in total. The van der Waals surface area contributed by atoms with E-state index in [0.29, 0.717) is 23.1 Å². The SMILES string of the molecule is O=S1(=O)C(CNC2CCCC2)=Cc2ccc(O)cc21. The fourth-order valence-corrected chi connectivity index (χ4v) is 4.34. The van der Waals surface area contributed by atoms with Crippen LogP contribution in [0.3, 0.4) is 0 Å². The molecule has 102 valence electrons. The van der Waals surface area contributed by atoms with Crippen molar-refractivity contribution >= 4 is 15.9 Å². The van der Waals surface area contributed by atoms with E-state index < -0.39 is 9.84 Å². The first-order valence-corrected chi connectivity index (χ1v) is 8.08. The number of nitrogens with one attached hydrogen (secondary N) is 1. The summed E-state index contributed by atoms with van der Waals surface area (Å²) in [6.45, 7) is 0.377. The molecule has 2 aliphatic rings. The van der Waals surface area contributed by atoms with Gasteiger partial charge in [-0.15, -0.1) is 0 Å². The van der Waals surface area contributed by atoms with E-state index in [1.54, 1.807) is 12.1 Å². The Hall–Kier alpha value is -1.33. The molecule has 1 aliphatic heterocycles. The van der Waals surface area contributed by atoms with Gasteiger partial charge in [0.25, 0.3) is 0 Å². The minimum absolute atomic E-state index is 0.0132. The molecular formula is C14H17NO3S. The van der Waals surface area contributed by atoms with Gasteiger partial charge < -0.3 is 10.4 Å². The van der Waals surface area contributed by atoms with E-state index in [-0.39, 0.29) is 10.6 Å². The summed E-state index contributed by atoms with van der Waals surface area (Å²) in [4.78, 5) is 0.621. The second-order valence-corrected chi connectivity index (χ2v) is 7.17. The van der Waals surface area contributed by atoms with E-state index >= 15 is 0 Å². The summed E-state index contributed by atoms with van der Waals surface area (Å²) in [5.41, 5.74) is 0.668.